The highest BCUT2D eigenvalue weighted by molar-refractivity contribution is 8.00. The first kappa shape index (κ1) is 12.9. The zero-order valence-electron chi connectivity index (χ0n) is 10.4. The van der Waals surface area contributed by atoms with Crippen LogP contribution in [0, 0.1) is 0 Å². The molecule has 2 rings (SSSR count). The van der Waals surface area contributed by atoms with Crippen LogP contribution in [0.2, 0.25) is 0 Å². The molecule has 0 amide bonds. The number of carboxylic acid groups (broad SMARTS) is 1. The molecule has 0 aliphatic carbocycles. The summed E-state index contributed by atoms with van der Waals surface area (Å²) in [4.78, 5) is 16.1. The van der Waals surface area contributed by atoms with Gasteiger partial charge in [-0.15, -0.1) is 11.8 Å². The van der Waals surface area contributed by atoms with E-state index in [0.29, 0.717) is 5.92 Å². The molecule has 1 aromatic carbocycles. The van der Waals surface area contributed by atoms with E-state index in [4.69, 9.17) is 5.11 Å². The smallest absolute Gasteiger partial charge is 0.313 e. The van der Waals surface area contributed by atoms with Gasteiger partial charge in [0.05, 0.1) is 11.3 Å². The Bertz CT molecular complexity index is 581. The number of benzene rings is 1. The number of nitrogens with zero attached hydrogens (tertiary/aromatic N) is 1. The van der Waals surface area contributed by atoms with Gasteiger partial charge in [-0.05, 0) is 17.5 Å². The Labute approximate surface area is 110 Å². The number of pyridine rings is 1. The van der Waals surface area contributed by atoms with Crippen molar-refractivity contribution in [1.29, 1.82) is 0 Å². The van der Waals surface area contributed by atoms with Crippen molar-refractivity contribution in [3.8, 4) is 0 Å². The van der Waals surface area contributed by atoms with Gasteiger partial charge < -0.3 is 5.11 Å². The fraction of sp³-hybridized carbons (Fsp3) is 0.286. The first-order valence-corrected chi connectivity index (χ1v) is 6.80. The third-order valence-corrected chi connectivity index (χ3v) is 3.79. The summed E-state index contributed by atoms with van der Waals surface area (Å²) < 4.78 is 0. The van der Waals surface area contributed by atoms with Crippen LogP contribution < -0.4 is 0 Å². The summed E-state index contributed by atoms with van der Waals surface area (Å²) in [5.41, 5.74) is 2.17. The SMILES string of the molecule is CC(C)c1cccc2c(SCC(=O)O)ccnc12. The molecular formula is C14H15NO2S. The quantitative estimate of drug-likeness (QED) is 0.855. The van der Waals surface area contributed by atoms with Crippen molar-refractivity contribution in [2.45, 2.75) is 24.7 Å². The number of hydrogen-bond donors (Lipinski definition) is 1. The van der Waals surface area contributed by atoms with Crippen molar-refractivity contribution in [2.24, 2.45) is 0 Å². The van der Waals surface area contributed by atoms with Crippen LogP contribution in [0.25, 0.3) is 10.9 Å². The minimum Gasteiger partial charge on any atom is -0.481 e. The first-order chi connectivity index (χ1) is 8.59. The Morgan fingerprint density at radius 2 is 2.17 bits per heavy atom. The van der Waals surface area contributed by atoms with Crippen LogP contribution in [0.4, 0.5) is 0 Å². The van der Waals surface area contributed by atoms with Crippen molar-refractivity contribution in [2.75, 3.05) is 5.75 Å². The number of aromatic nitrogens is 1. The molecule has 4 heteroatoms. The molecule has 0 aliphatic heterocycles. The van der Waals surface area contributed by atoms with E-state index in [2.05, 4.69) is 24.9 Å². The summed E-state index contributed by atoms with van der Waals surface area (Å²) in [7, 11) is 0. The number of rotatable bonds is 4. The third kappa shape index (κ3) is 2.64. The lowest BCUT2D eigenvalue weighted by atomic mass is 10.00. The standard InChI is InChI=1S/C14H15NO2S/c1-9(2)10-4-3-5-11-12(18-8-13(16)17)6-7-15-14(10)11/h3-7,9H,8H2,1-2H3,(H,16,17). The molecule has 0 saturated heterocycles. The van der Waals surface area contributed by atoms with Gasteiger partial charge in [0, 0.05) is 16.5 Å². The lowest BCUT2D eigenvalue weighted by molar-refractivity contribution is -0.133. The summed E-state index contributed by atoms with van der Waals surface area (Å²) in [5.74, 6) is -0.323. The average molecular weight is 261 g/mol. The number of carboxylic acids is 1. The third-order valence-electron chi connectivity index (χ3n) is 2.74. The van der Waals surface area contributed by atoms with E-state index in [-0.39, 0.29) is 5.75 Å². The zero-order chi connectivity index (χ0) is 13.1. The van der Waals surface area contributed by atoms with E-state index in [9.17, 15) is 4.79 Å². The largest absolute Gasteiger partial charge is 0.481 e. The summed E-state index contributed by atoms with van der Waals surface area (Å²) >= 11 is 1.34. The van der Waals surface area contributed by atoms with Crippen LogP contribution in [0.3, 0.4) is 0 Å². The molecule has 0 bridgehead atoms. The second kappa shape index (κ2) is 5.40. The molecule has 94 valence electrons. The maximum absolute atomic E-state index is 10.6. The van der Waals surface area contributed by atoms with E-state index >= 15 is 0 Å². The fourth-order valence-corrected chi connectivity index (χ4v) is 2.66. The van der Waals surface area contributed by atoms with Gasteiger partial charge in [0.15, 0.2) is 0 Å². The van der Waals surface area contributed by atoms with Crippen molar-refractivity contribution in [3.05, 3.63) is 36.0 Å². The Balaban J connectivity index is 2.49. The number of fused-ring (bicyclic) bond motifs is 1. The van der Waals surface area contributed by atoms with Gasteiger partial charge in [-0.25, -0.2) is 0 Å². The lowest BCUT2D eigenvalue weighted by Crippen LogP contribution is -1.98. The highest BCUT2D eigenvalue weighted by atomic mass is 32.2. The van der Waals surface area contributed by atoms with Gasteiger partial charge >= 0.3 is 5.97 Å². The Morgan fingerprint density at radius 1 is 1.39 bits per heavy atom. The average Bonchev–Trinajstić information content (AvgIpc) is 2.35. The number of hydrogen-bond acceptors (Lipinski definition) is 3. The van der Waals surface area contributed by atoms with Crippen molar-refractivity contribution in [3.63, 3.8) is 0 Å². The molecule has 1 heterocycles. The van der Waals surface area contributed by atoms with E-state index in [1.807, 2.05) is 18.2 Å². The van der Waals surface area contributed by atoms with Crippen LogP contribution >= 0.6 is 11.8 Å². The normalized spacial score (nSPS) is 11.1. The highest BCUT2D eigenvalue weighted by Crippen LogP contribution is 2.30. The second-order valence-corrected chi connectivity index (χ2v) is 5.41. The van der Waals surface area contributed by atoms with E-state index in [1.54, 1.807) is 6.20 Å². The van der Waals surface area contributed by atoms with Crippen LogP contribution in [-0.2, 0) is 4.79 Å². The Morgan fingerprint density at radius 3 is 2.83 bits per heavy atom. The Hall–Kier alpha value is -1.55. The van der Waals surface area contributed by atoms with Gasteiger partial charge in [0.25, 0.3) is 0 Å². The topological polar surface area (TPSA) is 50.2 Å². The molecule has 0 fully saturated rings. The molecule has 1 aromatic heterocycles. The van der Waals surface area contributed by atoms with Crippen molar-refractivity contribution in [1.82, 2.24) is 4.98 Å². The molecule has 0 saturated carbocycles. The molecule has 0 unspecified atom stereocenters. The van der Waals surface area contributed by atoms with Gasteiger partial charge in [-0.1, -0.05) is 32.0 Å². The Kier molecular flexibility index (Phi) is 3.87. The summed E-state index contributed by atoms with van der Waals surface area (Å²) in [6, 6.07) is 7.95. The first-order valence-electron chi connectivity index (χ1n) is 5.82. The van der Waals surface area contributed by atoms with Gasteiger partial charge in [-0.2, -0.15) is 0 Å². The van der Waals surface area contributed by atoms with Crippen molar-refractivity contribution >= 4 is 28.6 Å². The van der Waals surface area contributed by atoms with E-state index < -0.39 is 5.97 Å². The maximum atomic E-state index is 10.6. The summed E-state index contributed by atoms with van der Waals surface area (Å²) in [6.45, 7) is 4.26. The minimum atomic E-state index is -0.801. The molecular weight excluding hydrogens is 246 g/mol. The number of carbonyl (C=O) groups is 1. The van der Waals surface area contributed by atoms with E-state index in [1.165, 1.54) is 17.3 Å². The van der Waals surface area contributed by atoms with Crippen LogP contribution in [-0.4, -0.2) is 21.8 Å². The van der Waals surface area contributed by atoms with E-state index in [0.717, 1.165) is 15.8 Å². The highest BCUT2D eigenvalue weighted by Gasteiger charge is 2.10. The van der Waals surface area contributed by atoms with Gasteiger partial charge in [0.2, 0.25) is 0 Å². The molecule has 1 N–H and O–H groups in total. The molecule has 18 heavy (non-hydrogen) atoms. The van der Waals surface area contributed by atoms with Crippen LogP contribution in [0.1, 0.15) is 25.3 Å². The molecule has 0 radical (unpaired) electrons. The number of para-hydroxylation sites is 1. The second-order valence-electron chi connectivity index (χ2n) is 4.39. The summed E-state index contributed by atoms with van der Waals surface area (Å²) in [6.07, 6.45) is 1.75. The van der Waals surface area contributed by atoms with Gasteiger partial charge in [-0.3, -0.25) is 9.78 Å². The molecule has 3 nitrogen and oxygen atoms in total. The zero-order valence-corrected chi connectivity index (χ0v) is 11.2. The molecule has 0 atom stereocenters. The van der Waals surface area contributed by atoms with Gasteiger partial charge in [0.1, 0.15) is 0 Å². The fourth-order valence-electron chi connectivity index (χ4n) is 1.90. The van der Waals surface area contributed by atoms with Crippen LogP contribution in [0.5, 0.6) is 0 Å². The predicted octanol–water partition coefficient (Wildman–Crippen LogP) is 3.53. The molecule has 2 aromatic rings. The minimum absolute atomic E-state index is 0.0744. The number of thioether (sulfide) groups is 1. The lowest BCUT2D eigenvalue weighted by Gasteiger charge is -2.11. The van der Waals surface area contributed by atoms with Crippen molar-refractivity contribution < 1.29 is 9.90 Å². The molecule has 0 aliphatic rings. The van der Waals surface area contributed by atoms with Crippen LogP contribution in [0.15, 0.2) is 35.4 Å². The summed E-state index contributed by atoms with van der Waals surface area (Å²) in [5, 5.41) is 9.79. The molecule has 0 spiro atoms. The monoisotopic (exact) mass is 261 g/mol. The number of aliphatic carboxylic acids is 1. The maximum Gasteiger partial charge on any atom is 0.313 e. The predicted molar refractivity (Wildman–Crippen MR) is 74.2 cm³/mol.